The van der Waals surface area contributed by atoms with Crippen molar-refractivity contribution in [1.82, 2.24) is 20.9 Å². The van der Waals surface area contributed by atoms with Crippen LogP contribution in [-0.4, -0.2) is 77.5 Å². The molecule has 0 aromatic carbocycles. The molecule has 0 spiro atoms. The minimum atomic E-state index is -1.07. The van der Waals surface area contributed by atoms with Crippen molar-refractivity contribution in [1.29, 1.82) is 0 Å². The number of Topliss-reactive ketones (excluding diaryl/α,β-unsaturated/α-hetero) is 1. The van der Waals surface area contributed by atoms with Gasteiger partial charge in [-0.25, -0.2) is 4.79 Å². The lowest BCUT2D eigenvalue weighted by molar-refractivity contribution is -0.154. The Balaban J connectivity index is 2.11. The summed E-state index contributed by atoms with van der Waals surface area (Å²) >= 11 is 0. The van der Waals surface area contributed by atoms with Crippen molar-refractivity contribution in [2.24, 2.45) is 17.8 Å². The molecule has 1 aliphatic carbocycles. The van der Waals surface area contributed by atoms with Crippen LogP contribution in [0, 0.1) is 17.8 Å². The molecule has 2 aliphatic rings. The van der Waals surface area contributed by atoms with Gasteiger partial charge in [-0.05, 0) is 78.6 Å². The number of ether oxygens (including phenoxy) is 2. The Bertz CT molecular complexity index is 1010. The molecule has 2 rings (SSSR count). The Morgan fingerprint density at radius 2 is 1.56 bits per heavy atom. The van der Waals surface area contributed by atoms with E-state index in [4.69, 9.17) is 9.47 Å². The highest BCUT2D eigenvalue weighted by molar-refractivity contribution is 6.38. The number of rotatable bonds is 13. The largest absolute Gasteiger partial charge is 0.460 e. The SMILES string of the molecule is C=C(C(NC(=O)OC(C)C)C1CCCCC1)N1CC(C(C)C)CC1C(=O)NC(C)C(=O)C(=O)NCCC(=O)OC(C)(C)C. The summed E-state index contributed by atoms with van der Waals surface area (Å²) in [7, 11) is 0. The van der Waals surface area contributed by atoms with Crippen molar-refractivity contribution in [2.75, 3.05) is 13.1 Å². The molecule has 3 N–H and O–H groups in total. The monoisotopic (exact) mass is 606 g/mol. The van der Waals surface area contributed by atoms with Gasteiger partial charge in [-0.2, -0.15) is 0 Å². The average molecular weight is 607 g/mol. The van der Waals surface area contributed by atoms with E-state index < -0.39 is 41.4 Å². The number of ketones is 1. The number of amides is 3. The predicted molar refractivity (Wildman–Crippen MR) is 164 cm³/mol. The highest BCUT2D eigenvalue weighted by Gasteiger charge is 2.42. The van der Waals surface area contributed by atoms with Crippen LogP contribution >= 0.6 is 0 Å². The van der Waals surface area contributed by atoms with E-state index in [0.29, 0.717) is 24.6 Å². The Kier molecular flexibility index (Phi) is 13.5. The zero-order chi connectivity index (χ0) is 32.5. The Morgan fingerprint density at radius 1 is 0.930 bits per heavy atom. The second-order valence-corrected chi connectivity index (χ2v) is 13.6. The molecule has 0 bridgehead atoms. The molecule has 1 saturated heterocycles. The van der Waals surface area contributed by atoms with Gasteiger partial charge in [0.1, 0.15) is 11.6 Å². The number of alkyl carbamates (subject to hydrolysis) is 1. The second kappa shape index (κ2) is 16.1. The van der Waals surface area contributed by atoms with Crippen LogP contribution in [0.25, 0.3) is 0 Å². The molecule has 0 aromatic heterocycles. The number of likely N-dealkylation sites (tertiary alicyclic amines) is 1. The van der Waals surface area contributed by atoms with Gasteiger partial charge in [0.25, 0.3) is 5.91 Å². The number of esters is 1. The fraction of sp³-hybridized carbons (Fsp3) is 0.781. The highest BCUT2D eigenvalue weighted by Crippen LogP contribution is 2.36. The van der Waals surface area contributed by atoms with E-state index in [1.165, 1.54) is 6.92 Å². The third-order valence-corrected chi connectivity index (χ3v) is 8.05. The molecule has 4 atom stereocenters. The molecule has 1 heterocycles. The molecule has 43 heavy (non-hydrogen) atoms. The fourth-order valence-corrected chi connectivity index (χ4v) is 5.74. The molecule has 2 fully saturated rings. The van der Waals surface area contributed by atoms with Crippen LogP contribution in [0.15, 0.2) is 12.3 Å². The minimum absolute atomic E-state index is 0.0543. The first-order valence-corrected chi connectivity index (χ1v) is 15.8. The molecular formula is C32H54N4O7. The van der Waals surface area contributed by atoms with Crippen LogP contribution in [-0.2, 0) is 28.7 Å². The molecule has 1 saturated carbocycles. The third kappa shape index (κ3) is 11.5. The first-order chi connectivity index (χ1) is 20.0. The first-order valence-electron chi connectivity index (χ1n) is 15.8. The van der Waals surface area contributed by atoms with Crippen molar-refractivity contribution < 1.29 is 33.4 Å². The van der Waals surface area contributed by atoms with Crippen LogP contribution in [0.2, 0.25) is 0 Å². The lowest BCUT2D eigenvalue weighted by Gasteiger charge is -2.38. The molecule has 1 aliphatic heterocycles. The average Bonchev–Trinajstić information content (AvgIpc) is 3.36. The summed E-state index contributed by atoms with van der Waals surface area (Å²) in [6, 6.07) is -2.07. The third-order valence-electron chi connectivity index (χ3n) is 8.05. The van der Waals surface area contributed by atoms with Crippen molar-refractivity contribution in [3.8, 4) is 0 Å². The topological polar surface area (TPSA) is 143 Å². The van der Waals surface area contributed by atoms with Gasteiger partial charge in [-0.15, -0.1) is 0 Å². The second-order valence-electron chi connectivity index (χ2n) is 13.6. The lowest BCUT2D eigenvalue weighted by atomic mass is 9.82. The van der Waals surface area contributed by atoms with Gasteiger partial charge in [-0.3, -0.25) is 19.2 Å². The van der Waals surface area contributed by atoms with Crippen LogP contribution in [0.1, 0.15) is 100 Å². The van der Waals surface area contributed by atoms with E-state index in [0.717, 1.165) is 32.1 Å². The van der Waals surface area contributed by atoms with Crippen LogP contribution < -0.4 is 16.0 Å². The molecule has 0 radical (unpaired) electrons. The quantitative estimate of drug-likeness (QED) is 0.212. The highest BCUT2D eigenvalue weighted by atomic mass is 16.6. The van der Waals surface area contributed by atoms with Gasteiger partial charge < -0.3 is 30.3 Å². The van der Waals surface area contributed by atoms with E-state index in [1.54, 1.807) is 34.6 Å². The summed E-state index contributed by atoms with van der Waals surface area (Å²) in [4.78, 5) is 65.4. The van der Waals surface area contributed by atoms with E-state index in [2.05, 4.69) is 36.4 Å². The standard InChI is InChI=1S/C32H54N4O7/c1-19(2)24-17-25(29(39)34-21(5)28(38)30(40)33-16-15-26(37)43-32(7,8)9)36(18-24)22(6)27(23-13-11-10-12-14-23)35-31(41)42-20(3)4/h19-21,23-25,27H,6,10-18H2,1-5,7-9H3,(H,33,40)(H,34,39)(H,35,41). The summed E-state index contributed by atoms with van der Waals surface area (Å²) in [5, 5.41) is 8.20. The van der Waals surface area contributed by atoms with Crippen LogP contribution in [0.3, 0.4) is 0 Å². The van der Waals surface area contributed by atoms with Crippen molar-refractivity contribution in [2.45, 2.75) is 130 Å². The van der Waals surface area contributed by atoms with Gasteiger partial charge in [0, 0.05) is 18.8 Å². The smallest absolute Gasteiger partial charge is 0.407 e. The maximum absolute atomic E-state index is 13.6. The van der Waals surface area contributed by atoms with E-state index in [-0.39, 0.29) is 42.9 Å². The number of carbonyl (C=O) groups is 5. The van der Waals surface area contributed by atoms with Crippen molar-refractivity contribution in [3.63, 3.8) is 0 Å². The number of hydrogen-bond donors (Lipinski definition) is 3. The van der Waals surface area contributed by atoms with Gasteiger partial charge in [0.15, 0.2) is 0 Å². The number of nitrogens with one attached hydrogen (secondary N) is 3. The lowest BCUT2D eigenvalue weighted by Crippen LogP contribution is -2.53. The zero-order valence-electron chi connectivity index (χ0n) is 27.4. The van der Waals surface area contributed by atoms with E-state index >= 15 is 0 Å². The Morgan fingerprint density at radius 3 is 2.12 bits per heavy atom. The van der Waals surface area contributed by atoms with Gasteiger partial charge in [0.2, 0.25) is 11.7 Å². The maximum Gasteiger partial charge on any atom is 0.407 e. The summed E-state index contributed by atoms with van der Waals surface area (Å²) in [5.41, 5.74) is 0.0166. The molecule has 3 amide bonds. The molecule has 244 valence electrons. The Hall–Kier alpha value is -3.11. The van der Waals surface area contributed by atoms with Crippen molar-refractivity contribution >= 4 is 29.7 Å². The minimum Gasteiger partial charge on any atom is -0.460 e. The molecule has 11 nitrogen and oxygen atoms in total. The molecular weight excluding hydrogens is 552 g/mol. The van der Waals surface area contributed by atoms with Crippen molar-refractivity contribution in [3.05, 3.63) is 12.3 Å². The number of hydrogen-bond acceptors (Lipinski definition) is 8. The van der Waals surface area contributed by atoms with Crippen LogP contribution in [0.5, 0.6) is 0 Å². The molecule has 0 aromatic rings. The number of nitrogens with zero attached hydrogens (tertiary/aromatic N) is 1. The van der Waals surface area contributed by atoms with E-state index in [9.17, 15) is 24.0 Å². The summed E-state index contributed by atoms with van der Waals surface area (Å²) in [6.07, 6.45) is 4.86. The summed E-state index contributed by atoms with van der Waals surface area (Å²) in [5.74, 6) is -1.87. The Labute approximate surface area is 257 Å². The first kappa shape index (κ1) is 36.1. The summed E-state index contributed by atoms with van der Waals surface area (Å²) in [6.45, 7) is 19.4. The zero-order valence-corrected chi connectivity index (χ0v) is 27.4. The van der Waals surface area contributed by atoms with Crippen LogP contribution in [0.4, 0.5) is 4.79 Å². The number of carbonyl (C=O) groups excluding carboxylic acids is 5. The van der Waals surface area contributed by atoms with Gasteiger partial charge >= 0.3 is 12.1 Å². The fourth-order valence-electron chi connectivity index (χ4n) is 5.74. The maximum atomic E-state index is 13.6. The normalized spacial score (nSPS) is 20.7. The molecule has 4 unspecified atom stereocenters. The summed E-state index contributed by atoms with van der Waals surface area (Å²) < 4.78 is 10.6. The van der Waals surface area contributed by atoms with Gasteiger partial charge in [-0.1, -0.05) is 39.7 Å². The molecule has 11 heteroatoms. The van der Waals surface area contributed by atoms with Gasteiger partial charge in [0.05, 0.1) is 24.6 Å². The predicted octanol–water partition coefficient (Wildman–Crippen LogP) is 3.85. The van der Waals surface area contributed by atoms with E-state index in [1.807, 2.05) is 4.90 Å².